The van der Waals surface area contributed by atoms with E-state index in [1.165, 1.54) is 6.92 Å². The molecule has 0 spiro atoms. The second kappa shape index (κ2) is 7.20. The predicted molar refractivity (Wildman–Crippen MR) is 90.1 cm³/mol. The van der Waals surface area contributed by atoms with Crippen LogP contribution in [0.1, 0.15) is 39.7 Å². The minimum atomic E-state index is -3.68. The number of carbonyl (C=O) groups excluding carboxylic acids is 1. The SMILES string of the molecule is CC(C)(C)OC(=O)CS(=O)(=O)CCC(C)(O)c1ccccc1Cl. The summed E-state index contributed by atoms with van der Waals surface area (Å²) in [6.07, 6.45) is -0.0676. The van der Waals surface area contributed by atoms with E-state index < -0.39 is 32.8 Å². The van der Waals surface area contributed by atoms with Crippen LogP contribution in [-0.2, 0) is 25.0 Å². The average molecular weight is 363 g/mol. The number of hydrogen-bond acceptors (Lipinski definition) is 5. The Balaban J connectivity index is 2.72. The lowest BCUT2D eigenvalue weighted by molar-refractivity contribution is -0.151. The number of hydrogen-bond donors (Lipinski definition) is 1. The van der Waals surface area contributed by atoms with Gasteiger partial charge in [-0.3, -0.25) is 4.79 Å². The van der Waals surface area contributed by atoms with Crippen LogP contribution in [0.15, 0.2) is 24.3 Å². The smallest absolute Gasteiger partial charge is 0.321 e. The Morgan fingerprint density at radius 2 is 1.78 bits per heavy atom. The van der Waals surface area contributed by atoms with Gasteiger partial charge in [0.2, 0.25) is 0 Å². The summed E-state index contributed by atoms with van der Waals surface area (Å²) in [7, 11) is -3.68. The first-order valence-electron chi connectivity index (χ1n) is 7.22. The van der Waals surface area contributed by atoms with Crippen LogP contribution in [0.2, 0.25) is 5.02 Å². The van der Waals surface area contributed by atoms with Gasteiger partial charge in [0.1, 0.15) is 11.4 Å². The zero-order valence-electron chi connectivity index (χ0n) is 13.8. The van der Waals surface area contributed by atoms with Crippen molar-refractivity contribution < 1.29 is 23.1 Å². The van der Waals surface area contributed by atoms with Gasteiger partial charge in [-0.25, -0.2) is 8.42 Å². The summed E-state index contributed by atoms with van der Waals surface area (Å²) < 4.78 is 29.1. The third-order valence-corrected chi connectivity index (χ3v) is 4.94. The summed E-state index contributed by atoms with van der Waals surface area (Å²) >= 11 is 6.03. The largest absolute Gasteiger partial charge is 0.459 e. The minimum absolute atomic E-state index is 0.0676. The molecule has 1 N–H and O–H groups in total. The standard InChI is InChI=1S/C16H23ClO5S/c1-15(2,3)22-14(18)11-23(20,21)10-9-16(4,19)12-7-5-6-8-13(12)17/h5-8,19H,9-11H2,1-4H3. The molecule has 5 nitrogen and oxygen atoms in total. The van der Waals surface area contributed by atoms with Gasteiger partial charge in [-0.05, 0) is 40.2 Å². The molecule has 0 heterocycles. The fourth-order valence-electron chi connectivity index (χ4n) is 2.01. The Morgan fingerprint density at radius 3 is 2.30 bits per heavy atom. The van der Waals surface area contributed by atoms with Crippen molar-refractivity contribution in [3.8, 4) is 0 Å². The number of halogens is 1. The number of sulfone groups is 1. The molecule has 0 aliphatic heterocycles. The van der Waals surface area contributed by atoms with Crippen molar-refractivity contribution >= 4 is 27.4 Å². The molecule has 1 unspecified atom stereocenters. The number of rotatable bonds is 6. The Bertz CT molecular complexity index is 659. The molecule has 1 atom stereocenters. The zero-order valence-corrected chi connectivity index (χ0v) is 15.4. The lowest BCUT2D eigenvalue weighted by atomic mass is 9.93. The molecular formula is C16H23ClO5S. The van der Waals surface area contributed by atoms with Crippen molar-refractivity contribution in [3.63, 3.8) is 0 Å². The van der Waals surface area contributed by atoms with Crippen LogP contribution in [0.25, 0.3) is 0 Å². The maximum absolute atomic E-state index is 12.0. The van der Waals surface area contributed by atoms with Gasteiger partial charge < -0.3 is 9.84 Å². The average Bonchev–Trinajstić information content (AvgIpc) is 2.34. The molecule has 0 saturated heterocycles. The highest BCUT2D eigenvalue weighted by Gasteiger charge is 2.29. The third kappa shape index (κ3) is 6.89. The fourth-order valence-corrected chi connectivity index (χ4v) is 3.62. The molecule has 130 valence electrons. The molecule has 0 aromatic heterocycles. The molecule has 1 rings (SSSR count). The quantitative estimate of drug-likeness (QED) is 0.787. The molecular weight excluding hydrogens is 340 g/mol. The van der Waals surface area contributed by atoms with Gasteiger partial charge in [-0.1, -0.05) is 29.8 Å². The summed E-state index contributed by atoms with van der Waals surface area (Å²) in [4.78, 5) is 11.6. The predicted octanol–water partition coefficient (Wildman–Crippen LogP) is 2.69. The summed E-state index contributed by atoms with van der Waals surface area (Å²) in [6.45, 7) is 6.50. The molecule has 0 amide bonds. The van der Waals surface area contributed by atoms with Crippen LogP contribution < -0.4 is 0 Å². The van der Waals surface area contributed by atoms with E-state index >= 15 is 0 Å². The Kier molecular flexibility index (Phi) is 6.24. The molecule has 0 aliphatic carbocycles. The molecule has 0 aliphatic rings. The normalized spacial score (nSPS) is 15.0. The van der Waals surface area contributed by atoms with Crippen molar-refractivity contribution in [1.29, 1.82) is 0 Å². The molecule has 1 aromatic rings. The number of ether oxygens (including phenoxy) is 1. The van der Waals surface area contributed by atoms with E-state index in [4.69, 9.17) is 16.3 Å². The first-order valence-corrected chi connectivity index (χ1v) is 9.42. The van der Waals surface area contributed by atoms with E-state index in [0.717, 1.165) is 0 Å². The lowest BCUT2D eigenvalue weighted by Gasteiger charge is -2.25. The van der Waals surface area contributed by atoms with Gasteiger partial charge in [-0.15, -0.1) is 0 Å². The van der Waals surface area contributed by atoms with Crippen molar-refractivity contribution in [1.82, 2.24) is 0 Å². The maximum Gasteiger partial charge on any atom is 0.321 e. The van der Waals surface area contributed by atoms with Crippen LogP contribution in [0.4, 0.5) is 0 Å². The van der Waals surface area contributed by atoms with Crippen LogP contribution in [0, 0.1) is 0 Å². The lowest BCUT2D eigenvalue weighted by Crippen LogP contribution is -2.31. The van der Waals surface area contributed by atoms with Gasteiger partial charge >= 0.3 is 5.97 Å². The van der Waals surface area contributed by atoms with Crippen molar-refractivity contribution in [2.24, 2.45) is 0 Å². The van der Waals surface area contributed by atoms with Crippen molar-refractivity contribution in [2.45, 2.75) is 45.3 Å². The number of esters is 1. The second-order valence-corrected chi connectivity index (χ2v) is 9.27. The Morgan fingerprint density at radius 1 is 1.22 bits per heavy atom. The molecule has 0 fully saturated rings. The highest BCUT2D eigenvalue weighted by Crippen LogP contribution is 2.30. The number of carbonyl (C=O) groups is 1. The monoisotopic (exact) mass is 362 g/mol. The van der Waals surface area contributed by atoms with E-state index in [0.29, 0.717) is 10.6 Å². The van der Waals surface area contributed by atoms with Gasteiger partial charge in [0, 0.05) is 10.6 Å². The van der Waals surface area contributed by atoms with E-state index in [1.807, 2.05) is 0 Å². The Labute approximate surface area is 142 Å². The number of aliphatic hydroxyl groups is 1. The van der Waals surface area contributed by atoms with Gasteiger partial charge in [0.25, 0.3) is 0 Å². The fraction of sp³-hybridized carbons (Fsp3) is 0.562. The van der Waals surface area contributed by atoms with Crippen LogP contribution in [-0.4, -0.2) is 36.6 Å². The second-order valence-electron chi connectivity index (χ2n) is 6.68. The minimum Gasteiger partial charge on any atom is -0.459 e. The zero-order chi connectivity index (χ0) is 17.9. The molecule has 7 heteroatoms. The number of benzene rings is 1. The van der Waals surface area contributed by atoms with E-state index in [-0.39, 0.29) is 12.2 Å². The third-order valence-electron chi connectivity index (χ3n) is 3.11. The van der Waals surface area contributed by atoms with E-state index in [1.54, 1.807) is 45.0 Å². The van der Waals surface area contributed by atoms with Crippen LogP contribution in [0.3, 0.4) is 0 Å². The van der Waals surface area contributed by atoms with Crippen LogP contribution in [0.5, 0.6) is 0 Å². The van der Waals surface area contributed by atoms with Gasteiger partial charge in [-0.2, -0.15) is 0 Å². The van der Waals surface area contributed by atoms with Gasteiger partial charge in [0.05, 0.1) is 11.4 Å². The van der Waals surface area contributed by atoms with Crippen molar-refractivity contribution in [2.75, 3.05) is 11.5 Å². The maximum atomic E-state index is 12.0. The highest BCUT2D eigenvalue weighted by molar-refractivity contribution is 7.92. The van der Waals surface area contributed by atoms with E-state index in [2.05, 4.69) is 0 Å². The first-order chi connectivity index (χ1) is 10.3. The van der Waals surface area contributed by atoms with E-state index in [9.17, 15) is 18.3 Å². The first kappa shape index (κ1) is 19.9. The molecule has 0 saturated carbocycles. The van der Waals surface area contributed by atoms with Crippen molar-refractivity contribution in [3.05, 3.63) is 34.9 Å². The molecule has 0 bridgehead atoms. The molecule has 1 aromatic carbocycles. The topological polar surface area (TPSA) is 80.7 Å². The summed E-state index contributed by atoms with van der Waals surface area (Å²) in [5, 5.41) is 10.8. The summed E-state index contributed by atoms with van der Waals surface area (Å²) in [5.74, 6) is -1.84. The van der Waals surface area contributed by atoms with Gasteiger partial charge in [0.15, 0.2) is 9.84 Å². The van der Waals surface area contributed by atoms with Crippen LogP contribution >= 0.6 is 11.6 Å². The molecule has 23 heavy (non-hydrogen) atoms. The summed E-state index contributed by atoms with van der Waals surface area (Å²) in [5.41, 5.74) is -1.69. The summed E-state index contributed by atoms with van der Waals surface area (Å²) in [6, 6.07) is 6.70. The molecule has 0 radical (unpaired) electrons. The Hall–Kier alpha value is -1.11. The highest BCUT2D eigenvalue weighted by atomic mass is 35.5.